The second-order valence-corrected chi connectivity index (χ2v) is 12.1. The Kier molecular flexibility index (Phi) is 44.3. The average Bonchev–Trinajstić information content (AvgIpc) is 3.67. The molecule has 0 aliphatic carbocycles. The van der Waals surface area contributed by atoms with Crippen molar-refractivity contribution in [3.63, 3.8) is 0 Å². The van der Waals surface area contributed by atoms with Crippen molar-refractivity contribution in [3.05, 3.63) is 0 Å². The normalized spacial score (nSPS) is 5.62. The highest BCUT2D eigenvalue weighted by Gasteiger charge is 2.49. The maximum Gasteiger partial charge on any atom is 0.365 e. The first-order valence-electron chi connectivity index (χ1n) is 22.0. The van der Waals surface area contributed by atoms with Crippen LogP contribution in [0.25, 0.3) is 0 Å². The zero-order valence-electron chi connectivity index (χ0n) is 43.5. The van der Waals surface area contributed by atoms with Crippen LogP contribution in [-0.4, -0.2) is 29.5 Å². The predicted octanol–water partition coefficient (Wildman–Crippen LogP) is 0.743. The molecule has 0 aromatic rings. The number of esters is 4. The third kappa shape index (κ3) is 48.1. The van der Waals surface area contributed by atoms with Crippen LogP contribution in [0, 0.1) is 393 Å². The molecule has 0 fully saturated rings. The van der Waals surface area contributed by atoms with Crippen molar-refractivity contribution in [1.29, 1.82) is 0 Å². The number of hydrogen-bond donors (Lipinski definition) is 0. The summed E-state index contributed by atoms with van der Waals surface area (Å²) < 4.78 is 20.2. The first kappa shape index (κ1) is 68.4. The van der Waals surface area contributed by atoms with E-state index in [1.54, 1.807) is 6.92 Å². The largest absolute Gasteiger partial charge is 0.446 e. The number of unbranched alkanes of at least 4 members (excludes halogenated alkanes) is 1. The Balaban J connectivity index is 6.47. The molecular weight excluding hydrogens is 1050 g/mol. The van der Waals surface area contributed by atoms with Gasteiger partial charge in [-0.05, 0) is 149 Å². The van der Waals surface area contributed by atoms with Crippen LogP contribution in [0.5, 0.6) is 0 Å². The van der Waals surface area contributed by atoms with Gasteiger partial charge < -0.3 is 18.9 Å². The summed E-state index contributed by atoms with van der Waals surface area (Å²) in [6, 6.07) is 0. The van der Waals surface area contributed by atoms with Crippen molar-refractivity contribution in [3.8, 4) is 393 Å². The molecule has 0 aromatic carbocycles. The van der Waals surface area contributed by atoms with E-state index in [0.717, 1.165) is 0 Å². The van der Waals surface area contributed by atoms with Crippen molar-refractivity contribution >= 4 is 23.9 Å². The Morgan fingerprint density at radius 3 is 0.659 bits per heavy atom. The fourth-order valence-electron chi connectivity index (χ4n) is 3.56. The first-order valence-corrected chi connectivity index (χ1v) is 22.0. The van der Waals surface area contributed by atoms with Gasteiger partial charge in [0.25, 0.3) is 0 Å². The average molecular weight is 1070 g/mol. The van der Waals surface area contributed by atoms with E-state index in [1.165, 1.54) is 0 Å². The lowest BCUT2D eigenvalue weighted by atomic mass is 9.95. The maximum absolute atomic E-state index is 13.7. The number of hydrogen-bond acceptors (Lipinski definition) is 8. The zero-order chi connectivity index (χ0) is 61.7. The molecule has 0 aliphatic rings. The third-order valence-corrected chi connectivity index (χ3v) is 6.49. The lowest BCUT2D eigenvalue weighted by molar-refractivity contribution is -0.185. The van der Waals surface area contributed by atoms with Gasteiger partial charge in [-0.25, -0.2) is 4.79 Å². The van der Waals surface area contributed by atoms with Crippen molar-refractivity contribution in [2.45, 2.75) is 44.6 Å². The lowest BCUT2D eigenvalue weighted by Crippen LogP contribution is -2.48. The molecule has 85 heavy (non-hydrogen) atoms. The molecule has 0 heterocycles. The summed E-state index contributed by atoms with van der Waals surface area (Å²) in [6.07, 6.45) is 19.2. The van der Waals surface area contributed by atoms with Crippen molar-refractivity contribution in [2.24, 2.45) is 0 Å². The predicted molar refractivity (Wildman–Crippen MR) is 316 cm³/mol. The molecule has 0 saturated heterocycles. The molecule has 0 saturated carbocycles. The van der Waals surface area contributed by atoms with E-state index in [4.69, 9.17) is 38.2 Å². The molecule has 0 spiro atoms. The molecule has 0 N–H and O–H groups in total. The van der Waals surface area contributed by atoms with Crippen LogP contribution in [0.2, 0.25) is 0 Å². The Labute approximate surface area is 497 Å². The van der Waals surface area contributed by atoms with E-state index in [2.05, 4.69) is 355 Å². The standard InChI is InChI=1S/C77H16O8/c1-5-9-13-16-19-22-25-28-31-34-37-40-43-46-49-52-55-58-61-64-68-82-74(79)71-77(85-73(78)67-12-8-4,76(81)84-70-66-63-60-57-54-51-48-45-42-39-36-33-30-27-24-21-18-15-11-7-3)72-75(80)83-69-65-62-59-56-53-50-47-44-41-38-35-32-29-26-23-20-17-14-10-6-2/h1-3H,8,12,67,71-72H2,4H3. The van der Waals surface area contributed by atoms with Gasteiger partial charge in [0.2, 0.25) is 5.60 Å². The molecule has 0 bridgehead atoms. The Bertz CT molecular complexity index is 4820. The number of carbonyl (C=O) groups excluding carboxylic acids is 4. The van der Waals surface area contributed by atoms with E-state index >= 15 is 0 Å². The van der Waals surface area contributed by atoms with Gasteiger partial charge in [-0.1, -0.05) is 13.3 Å². The van der Waals surface area contributed by atoms with E-state index < -0.39 is 42.3 Å². The van der Waals surface area contributed by atoms with Gasteiger partial charge >= 0.3 is 23.9 Å². The van der Waals surface area contributed by atoms with Crippen molar-refractivity contribution in [2.75, 3.05) is 0 Å². The van der Waals surface area contributed by atoms with Crippen LogP contribution < -0.4 is 0 Å². The number of carbonyl (C=O) groups is 4. The smallest absolute Gasteiger partial charge is 0.365 e. The van der Waals surface area contributed by atoms with Crippen LogP contribution in [0.3, 0.4) is 0 Å². The molecule has 0 aromatic heterocycles. The van der Waals surface area contributed by atoms with E-state index in [0.29, 0.717) is 12.8 Å². The van der Waals surface area contributed by atoms with Crippen molar-refractivity contribution < 1.29 is 38.1 Å². The fourth-order valence-corrected chi connectivity index (χ4v) is 3.56. The highest BCUT2D eigenvalue weighted by Crippen LogP contribution is 2.26. The van der Waals surface area contributed by atoms with Crippen LogP contribution in [-0.2, 0) is 38.1 Å². The Hall–Kier alpha value is -16.6. The second-order valence-electron chi connectivity index (χ2n) is 12.1. The van der Waals surface area contributed by atoms with Gasteiger partial charge in [0.15, 0.2) is 0 Å². The van der Waals surface area contributed by atoms with Gasteiger partial charge in [0.05, 0.1) is 12.8 Å². The molecule has 0 amide bonds. The summed E-state index contributed by atoms with van der Waals surface area (Å²) in [6.45, 7) is 1.77. The van der Waals surface area contributed by atoms with Gasteiger partial charge in [-0.15, -0.1) is 19.3 Å². The van der Waals surface area contributed by atoms with Crippen molar-refractivity contribution in [1.82, 2.24) is 0 Å². The van der Waals surface area contributed by atoms with E-state index in [9.17, 15) is 19.2 Å². The summed E-state index contributed by atoms with van der Waals surface area (Å²) in [5, 5.41) is 0. The number of rotatable bonds is 9. The summed E-state index contributed by atoms with van der Waals surface area (Å²) in [4.78, 5) is 52.9. The highest BCUT2D eigenvalue weighted by atomic mass is 16.6. The molecule has 0 radical (unpaired) electrons. The van der Waals surface area contributed by atoms with Gasteiger partial charge in [-0.2, -0.15) is 0 Å². The topological polar surface area (TPSA) is 105 Å². The lowest BCUT2D eigenvalue weighted by Gasteiger charge is -2.27. The third-order valence-electron chi connectivity index (χ3n) is 6.49. The first-order chi connectivity index (χ1) is 41.8. The molecule has 8 nitrogen and oxygen atoms in total. The molecule has 0 aliphatic heterocycles. The quantitative estimate of drug-likeness (QED) is 0.190. The minimum absolute atomic E-state index is 0.243. The maximum atomic E-state index is 13.7. The second kappa shape index (κ2) is 55.1. The SMILES string of the molecule is C#CC#CC#CC#CC#CC#CC#CC#CC#CC#CC#COC(=O)CC(CC(=O)OC#CC#CC#CC#CC#CC#CC#CC#CC#CC#CC#C)(OC(=O)CCCC)C(=O)OC#CC#CC#CC#CC#CC#CC#CC#CC#CC#CC#C. The summed E-state index contributed by atoms with van der Waals surface area (Å²) in [7, 11) is 0. The monoisotopic (exact) mass is 1070 g/mol. The minimum atomic E-state index is -2.75. The van der Waals surface area contributed by atoms with Crippen LogP contribution in [0.4, 0.5) is 0 Å². The molecule has 8 heteroatoms. The summed E-state index contributed by atoms with van der Waals surface area (Å²) in [5.74, 6) is 138. The molecule has 372 valence electrons. The fraction of sp³-hybridized carbons (Fsp3) is 0.0909. The van der Waals surface area contributed by atoms with E-state index in [-0.39, 0.29) is 6.42 Å². The Morgan fingerprint density at radius 1 is 0.271 bits per heavy atom. The minimum Gasteiger partial charge on any atom is -0.446 e. The Morgan fingerprint density at radius 2 is 0.459 bits per heavy atom. The van der Waals surface area contributed by atoms with Gasteiger partial charge in [0, 0.05) is 220 Å². The summed E-state index contributed by atoms with van der Waals surface area (Å²) >= 11 is 0. The van der Waals surface area contributed by atoms with Gasteiger partial charge in [0.1, 0.15) is 18.3 Å². The molecule has 0 unspecified atom stereocenters. The molecule has 0 rings (SSSR count). The number of terminal acetylenes is 3. The molecular formula is C77H16O8. The highest BCUT2D eigenvalue weighted by molar-refractivity contribution is 5.93. The molecule has 0 atom stereocenters. The zero-order valence-corrected chi connectivity index (χ0v) is 43.5. The van der Waals surface area contributed by atoms with Crippen LogP contribution in [0.15, 0.2) is 0 Å². The van der Waals surface area contributed by atoms with Crippen LogP contribution >= 0.6 is 0 Å². The van der Waals surface area contributed by atoms with Gasteiger partial charge in [-0.3, -0.25) is 14.4 Å². The summed E-state index contributed by atoms with van der Waals surface area (Å²) in [5.41, 5.74) is -2.75. The number of ether oxygens (including phenoxy) is 4. The van der Waals surface area contributed by atoms with E-state index in [1.807, 2.05) is 18.3 Å². The van der Waals surface area contributed by atoms with Crippen LogP contribution in [0.1, 0.15) is 39.0 Å².